The number of likely N-dealkylation sites (tertiary alicyclic amines) is 1. The van der Waals surface area contributed by atoms with Crippen molar-refractivity contribution in [1.82, 2.24) is 14.9 Å². The lowest BCUT2D eigenvalue weighted by Crippen LogP contribution is -2.25. The van der Waals surface area contributed by atoms with E-state index in [0.717, 1.165) is 61.0 Å². The van der Waals surface area contributed by atoms with Crippen LogP contribution in [0.25, 0.3) is 22.5 Å². The fourth-order valence-electron chi connectivity index (χ4n) is 5.13. The van der Waals surface area contributed by atoms with E-state index in [2.05, 4.69) is 59.9 Å². The van der Waals surface area contributed by atoms with Crippen LogP contribution in [0, 0.1) is 23.2 Å². The summed E-state index contributed by atoms with van der Waals surface area (Å²) in [4.78, 5) is 22.8. The first kappa shape index (κ1) is 25.5. The van der Waals surface area contributed by atoms with E-state index < -0.39 is 5.97 Å². The number of aromatic nitrogens is 2. The molecule has 1 aliphatic rings. The molecular formula is C30H34N4O2. The second kappa shape index (κ2) is 11.5. The molecule has 1 aliphatic heterocycles. The molecule has 3 aromatic rings. The Morgan fingerprint density at radius 2 is 1.94 bits per heavy atom. The van der Waals surface area contributed by atoms with Gasteiger partial charge in [0.15, 0.2) is 5.82 Å². The normalized spacial score (nSPS) is 15.8. The van der Waals surface area contributed by atoms with Crippen LogP contribution < -0.4 is 0 Å². The lowest BCUT2D eigenvalue weighted by Gasteiger charge is -2.18. The van der Waals surface area contributed by atoms with Crippen LogP contribution in [-0.4, -0.2) is 45.6 Å². The van der Waals surface area contributed by atoms with Crippen LogP contribution in [0.4, 0.5) is 0 Å². The van der Waals surface area contributed by atoms with Gasteiger partial charge < -0.3 is 10.0 Å². The monoisotopic (exact) mass is 482 g/mol. The Balaban J connectivity index is 1.52. The summed E-state index contributed by atoms with van der Waals surface area (Å²) in [7, 11) is 0. The number of carbonyl (C=O) groups is 1. The Hall–Kier alpha value is -3.56. The highest BCUT2D eigenvalue weighted by atomic mass is 16.4. The van der Waals surface area contributed by atoms with Gasteiger partial charge in [-0.2, -0.15) is 5.26 Å². The molecule has 0 aliphatic carbocycles. The molecule has 1 atom stereocenters. The van der Waals surface area contributed by atoms with Crippen molar-refractivity contribution < 1.29 is 9.90 Å². The van der Waals surface area contributed by atoms with Crippen LogP contribution in [0.5, 0.6) is 0 Å². The van der Waals surface area contributed by atoms with Gasteiger partial charge >= 0.3 is 5.97 Å². The summed E-state index contributed by atoms with van der Waals surface area (Å²) in [6.45, 7) is 8.81. The number of nitrogens with zero attached hydrogens (tertiary/aromatic N) is 4. The first-order chi connectivity index (χ1) is 17.4. The molecule has 2 heterocycles. The molecule has 1 aromatic heterocycles. The highest BCUT2D eigenvalue weighted by Gasteiger charge is 2.27. The van der Waals surface area contributed by atoms with Crippen molar-refractivity contribution in [2.75, 3.05) is 19.6 Å². The van der Waals surface area contributed by atoms with Crippen molar-refractivity contribution in [3.63, 3.8) is 0 Å². The third kappa shape index (κ3) is 5.80. The number of hydrogen-bond acceptors (Lipinski definition) is 5. The zero-order valence-corrected chi connectivity index (χ0v) is 21.4. The zero-order valence-electron chi connectivity index (χ0n) is 21.4. The smallest absolute Gasteiger partial charge is 0.307 e. The predicted molar refractivity (Wildman–Crippen MR) is 141 cm³/mol. The van der Waals surface area contributed by atoms with E-state index in [1.54, 1.807) is 0 Å². The summed E-state index contributed by atoms with van der Waals surface area (Å²) >= 11 is 0. The first-order valence-corrected chi connectivity index (χ1v) is 12.8. The Bertz CT molecular complexity index is 1260. The summed E-state index contributed by atoms with van der Waals surface area (Å²) in [6, 6.07) is 14.6. The van der Waals surface area contributed by atoms with Crippen molar-refractivity contribution in [1.29, 1.82) is 5.26 Å². The number of carboxylic acids is 1. The minimum atomic E-state index is -0.687. The quantitative estimate of drug-likeness (QED) is 0.440. The first-order valence-electron chi connectivity index (χ1n) is 12.8. The molecule has 0 radical (unpaired) electrons. The number of aliphatic carboxylic acids is 1. The number of rotatable bonds is 9. The maximum atomic E-state index is 11.3. The Morgan fingerprint density at radius 1 is 1.17 bits per heavy atom. The second-order valence-corrected chi connectivity index (χ2v) is 10.0. The van der Waals surface area contributed by atoms with E-state index in [1.165, 1.54) is 11.1 Å². The van der Waals surface area contributed by atoms with E-state index in [-0.39, 0.29) is 5.92 Å². The highest BCUT2D eigenvalue weighted by Crippen LogP contribution is 2.29. The molecule has 1 N–H and O–H groups in total. The summed E-state index contributed by atoms with van der Waals surface area (Å²) in [5.41, 5.74) is 7.27. The van der Waals surface area contributed by atoms with Gasteiger partial charge in [0.05, 0.1) is 17.6 Å². The van der Waals surface area contributed by atoms with Gasteiger partial charge in [0.1, 0.15) is 0 Å². The molecule has 1 saturated heterocycles. The van der Waals surface area contributed by atoms with Gasteiger partial charge in [0.25, 0.3) is 0 Å². The van der Waals surface area contributed by atoms with Crippen molar-refractivity contribution in [3.05, 3.63) is 71.0 Å². The van der Waals surface area contributed by atoms with Gasteiger partial charge in [-0.1, -0.05) is 51.1 Å². The lowest BCUT2D eigenvalue weighted by molar-refractivity contribution is -0.141. The van der Waals surface area contributed by atoms with Crippen LogP contribution in [0.2, 0.25) is 0 Å². The van der Waals surface area contributed by atoms with Gasteiger partial charge in [0, 0.05) is 36.6 Å². The SMILES string of the molecule is CCc1c(CCN2CCC(C(=O)O)C2)cccc1-c1cnc(-c2ccc(CC(C)C)c(C#N)c2)nc1. The maximum absolute atomic E-state index is 11.3. The number of benzene rings is 2. The zero-order chi connectivity index (χ0) is 25.7. The van der Waals surface area contributed by atoms with Crippen molar-refractivity contribution in [3.8, 4) is 28.6 Å². The van der Waals surface area contributed by atoms with Crippen molar-refractivity contribution in [2.24, 2.45) is 11.8 Å². The van der Waals surface area contributed by atoms with Crippen LogP contribution >= 0.6 is 0 Å². The Labute approximate surface area is 213 Å². The summed E-state index contributed by atoms with van der Waals surface area (Å²) in [5.74, 6) is 0.169. The van der Waals surface area contributed by atoms with Gasteiger partial charge in [-0.05, 0) is 66.5 Å². The minimum Gasteiger partial charge on any atom is -0.481 e. The number of nitriles is 1. The van der Waals surface area contributed by atoms with Gasteiger partial charge in [0.2, 0.25) is 0 Å². The molecule has 0 bridgehead atoms. The largest absolute Gasteiger partial charge is 0.481 e. The van der Waals surface area contributed by atoms with Crippen molar-refractivity contribution >= 4 is 5.97 Å². The van der Waals surface area contributed by atoms with Crippen LogP contribution in [-0.2, 0) is 24.1 Å². The third-order valence-electron chi connectivity index (χ3n) is 7.03. The topological polar surface area (TPSA) is 90.1 Å². The van der Waals surface area contributed by atoms with E-state index in [1.807, 2.05) is 30.6 Å². The van der Waals surface area contributed by atoms with Crippen LogP contribution in [0.1, 0.15) is 49.4 Å². The van der Waals surface area contributed by atoms with Gasteiger partial charge in [-0.15, -0.1) is 0 Å². The van der Waals surface area contributed by atoms with Crippen molar-refractivity contribution in [2.45, 2.75) is 46.5 Å². The molecule has 186 valence electrons. The molecule has 0 saturated carbocycles. The molecule has 4 rings (SSSR count). The standard InChI is InChI=1S/C30H34N4O2/c1-4-27-21(10-12-34-13-11-24(19-34)30(35)36)6-5-7-28(27)26-17-32-29(33-18-26)23-9-8-22(14-20(2)3)25(15-23)16-31/h5-9,15,17-18,20,24H,4,10-14,19H2,1-3H3,(H,35,36). The predicted octanol–water partition coefficient (Wildman–Crippen LogP) is 5.39. The summed E-state index contributed by atoms with van der Waals surface area (Å²) < 4.78 is 0. The van der Waals surface area contributed by atoms with Gasteiger partial charge in [-0.3, -0.25) is 4.79 Å². The summed E-state index contributed by atoms with van der Waals surface area (Å²) in [5, 5.41) is 18.9. The molecular weight excluding hydrogens is 448 g/mol. The summed E-state index contributed by atoms with van der Waals surface area (Å²) in [6.07, 6.45) is 7.13. The third-order valence-corrected chi connectivity index (χ3v) is 7.03. The average molecular weight is 483 g/mol. The molecule has 2 aromatic carbocycles. The molecule has 0 amide bonds. The molecule has 36 heavy (non-hydrogen) atoms. The van der Waals surface area contributed by atoms with Crippen LogP contribution in [0.3, 0.4) is 0 Å². The maximum Gasteiger partial charge on any atom is 0.307 e. The number of hydrogen-bond donors (Lipinski definition) is 1. The van der Waals surface area contributed by atoms with Crippen LogP contribution in [0.15, 0.2) is 48.8 Å². The van der Waals surface area contributed by atoms with Gasteiger partial charge in [-0.25, -0.2) is 9.97 Å². The lowest BCUT2D eigenvalue weighted by atomic mass is 9.93. The van der Waals surface area contributed by atoms with E-state index >= 15 is 0 Å². The highest BCUT2D eigenvalue weighted by molar-refractivity contribution is 5.71. The molecule has 6 heteroatoms. The van der Waals surface area contributed by atoms with E-state index in [4.69, 9.17) is 0 Å². The van der Waals surface area contributed by atoms with E-state index in [9.17, 15) is 15.2 Å². The minimum absolute atomic E-state index is 0.242. The fraction of sp³-hybridized carbons (Fsp3) is 0.400. The molecule has 6 nitrogen and oxygen atoms in total. The molecule has 0 spiro atoms. The fourth-order valence-corrected chi connectivity index (χ4v) is 5.13. The van der Waals surface area contributed by atoms with E-state index in [0.29, 0.717) is 23.9 Å². The molecule has 1 fully saturated rings. The Kier molecular flexibility index (Phi) is 8.12. The number of carboxylic acid groups (broad SMARTS) is 1. The molecule has 1 unspecified atom stereocenters. The Morgan fingerprint density at radius 3 is 2.58 bits per heavy atom. The second-order valence-electron chi connectivity index (χ2n) is 10.0. The average Bonchev–Trinajstić information content (AvgIpc) is 3.37.